The standard InChI is InChI=1S/C15H24N2O/c1-3-5-12-6-4-7-13(10-12)15(17-16)14-9-8-11(2)18-14/h4,6-7,10-11,14-15,17H,3,5,8-9,16H2,1-2H3. The zero-order valence-electron chi connectivity index (χ0n) is 11.4. The molecule has 3 heteroatoms. The van der Waals surface area contributed by atoms with Gasteiger partial charge in [0, 0.05) is 0 Å². The number of aryl methyl sites for hydroxylation is 1. The van der Waals surface area contributed by atoms with Crippen molar-refractivity contribution in [3.05, 3.63) is 35.4 Å². The minimum Gasteiger partial charge on any atom is -0.373 e. The summed E-state index contributed by atoms with van der Waals surface area (Å²) in [5.41, 5.74) is 5.54. The normalized spacial score (nSPS) is 25.3. The van der Waals surface area contributed by atoms with E-state index in [1.165, 1.54) is 17.5 Å². The molecular weight excluding hydrogens is 224 g/mol. The SMILES string of the molecule is CCCc1cccc(C(NN)C2CCC(C)O2)c1. The molecule has 0 spiro atoms. The van der Waals surface area contributed by atoms with Gasteiger partial charge in [0.2, 0.25) is 0 Å². The van der Waals surface area contributed by atoms with E-state index in [1.807, 2.05) is 0 Å². The Balaban J connectivity index is 2.13. The van der Waals surface area contributed by atoms with Gasteiger partial charge in [-0.3, -0.25) is 11.3 Å². The van der Waals surface area contributed by atoms with E-state index in [2.05, 4.69) is 43.5 Å². The average Bonchev–Trinajstić information content (AvgIpc) is 2.78. The minimum absolute atomic E-state index is 0.103. The van der Waals surface area contributed by atoms with Crippen LogP contribution in [0, 0.1) is 0 Å². The maximum absolute atomic E-state index is 5.93. The van der Waals surface area contributed by atoms with Gasteiger partial charge in [-0.15, -0.1) is 0 Å². The number of hydrazine groups is 1. The van der Waals surface area contributed by atoms with Crippen LogP contribution < -0.4 is 11.3 Å². The molecule has 1 saturated heterocycles. The third kappa shape index (κ3) is 3.10. The molecular formula is C15H24N2O. The average molecular weight is 248 g/mol. The molecule has 1 fully saturated rings. The zero-order chi connectivity index (χ0) is 13.0. The van der Waals surface area contributed by atoms with Crippen LogP contribution in [0.1, 0.15) is 50.3 Å². The Labute approximate surface area is 110 Å². The maximum Gasteiger partial charge on any atom is 0.0787 e. The Kier molecular flexibility index (Phi) is 4.75. The van der Waals surface area contributed by atoms with Crippen LogP contribution in [0.5, 0.6) is 0 Å². The van der Waals surface area contributed by atoms with Gasteiger partial charge in [-0.2, -0.15) is 0 Å². The van der Waals surface area contributed by atoms with Crippen molar-refractivity contribution in [2.75, 3.05) is 0 Å². The predicted molar refractivity (Wildman–Crippen MR) is 74.1 cm³/mol. The van der Waals surface area contributed by atoms with Crippen molar-refractivity contribution in [2.24, 2.45) is 5.84 Å². The highest BCUT2D eigenvalue weighted by Gasteiger charge is 2.30. The molecule has 18 heavy (non-hydrogen) atoms. The first-order valence-corrected chi connectivity index (χ1v) is 6.95. The number of nitrogens with one attached hydrogen (secondary N) is 1. The largest absolute Gasteiger partial charge is 0.373 e. The van der Waals surface area contributed by atoms with Crippen LogP contribution >= 0.6 is 0 Å². The predicted octanol–water partition coefficient (Wildman–Crippen LogP) is 2.71. The van der Waals surface area contributed by atoms with E-state index >= 15 is 0 Å². The van der Waals surface area contributed by atoms with Gasteiger partial charge >= 0.3 is 0 Å². The molecule has 3 unspecified atom stereocenters. The van der Waals surface area contributed by atoms with Gasteiger partial charge in [0.15, 0.2) is 0 Å². The summed E-state index contributed by atoms with van der Waals surface area (Å²) in [6, 6.07) is 8.78. The quantitative estimate of drug-likeness (QED) is 0.622. The van der Waals surface area contributed by atoms with E-state index in [0.29, 0.717) is 6.10 Å². The first-order chi connectivity index (χ1) is 8.74. The van der Waals surface area contributed by atoms with E-state index in [4.69, 9.17) is 10.6 Å². The molecule has 1 heterocycles. The Morgan fingerprint density at radius 3 is 2.89 bits per heavy atom. The number of ether oxygens (including phenoxy) is 1. The van der Waals surface area contributed by atoms with Gasteiger partial charge in [0.1, 0.15) is 0 Å². The molecule has 3 atom stereocenters. The van der Waals surface area contributed by atoms with Gasteiger partial charge in [-0.1, -0.05) is 37.6 Å². The van der Waals surface area contributed by atoms with Crippen LogP contribution in [0.15, 0.2) is 24.3 Å². The highest BCUT2D eigenvalue weighted by molar-refractivity contribution is 5.27. The van der Waals surface area contributed by atoms with Crippen LogP contribution in [0.2, 0.25) is 0 Å². The first kappa shape index (κ1) is 13.5. The maximum atomic E-state index is 5.93. The second kappa shape index (κ2) is 6.32. The van der Waals surface area contributed by atoms with Crippen molar-refractivity contribution < 1.29 is 4.74 Å². The van der Waals surface area contributed by atoms with E-state index in [1.54, 1.807) is 0 Å². The fourth-order valence-corrected chi connectivity index (χ4v) is 2.73. The molecule has 3 N–H and O–H groups in total. The topological polar surface area (TPSA) is 47.3 Å². The Morgan fingerprint density at radius 1 is 1.44 bits per heavy atom. The van der Waals surface area contributed by atoms with E-state index in [-0.39, 0.29) is 12.1 Å². The molecule has 0 aliphatic carbocycles. The second-order valence-corrected chi connectivity index (χ2v) is 5.20. The summed E-state index contributed by atoms with van der Waals surface area (Å²) in [7, 11) is 0. The van der Waals surface area contributed by atoms with Crippen LogP contribution in [0.3, 0.4) is 0 Å². The lowest BCUT2D eigenvalue weighted by molar-refractivity contribution is 0.0316. The van der Waals surface area contributed by atoms with Crippen molar-refractivity contribution in [1.82, 2.24) is 5.43 Å². The molecule has 2 rings (SSSR count). The number of benzene rings is 1. The van der Waals surface area contributed by atoms with Crippen LogP contribution in [-0.2, 0) is 11.2 Å². The molecule has 100 valence electrons. The third-order valence-corrected chi connectivity index (χ3v) is 3.66. The van der Waals surface area contributed by atoms with Crippen LogP contribution in [0.25, 0.3) is 0 Å². The lowest BCUT2D eigenvalue weighted by Crippen LogP contribution is -2.36. The number of rotatable bonds is 5. The van der Waals surface area contributed by atoms with Crippen molar-refractivity contribution in [1.29, 1.82) is 0 Å². The fourth-order valence-electron chi connectivity index (χ4n) is 2.73. The number of hydrogen-bond acceptors (Lipinski definition) is 3. The smallest absolute Gasteiger partial charge is 0.0787 e. The van der Waals surface area contributed by atoms with E-state index in [0.717, 1.165) is 19.3 Å². The summed E-state index contributed by atoms with van der Waals surface area (Å²) in [4.78, 5) is 0. The first-order valence-electron chi connectivity index (χ1n) is 6.95. The summed E-state index contributed by atoms with van der Waals surface area (Å²) < 4.78 is 5.93. The molecule has 0 saturated carbocycles. The Hall–Kier alpha value is -0.900. The number of hydrogen-bond donors (Lipinski definition) is 2. The van der Waals surface area contributed by atoms with Crippen LogP contribution in [-0.4, -0.2) is 12.2 Å². The van der Waals surface area contributed by atoms with Crippen molar-refractivity contribution in [3.8, 4) is 0 Å². The summed E-state index contributed by atoms with van der Waals surface area (Å²) in [6.07, 6.45) is 5.03. The monoisotopic (exact) mass is 248 g/mol. The van der Waals surface area contributed by atoms with E-state index < -0.39 is 0 Å². The van der Waals surface area contributed by atoms with Gasteiger partial charge in [-0.25, -0.2) is 0 Å². The van der Waals surface area contributed by atoms with Gasteiger partial charge in [0.25, 0.3) is 0 Å². The molecule has 1 aromatic carbocycles. The van der Waals surface area contributed by atoms with Gasteiger partial charge < -0.3 is 4.74 Å². The van der Waals surface area contributed by atoms with Gasteiger partial charge in [-0.05, 0) is 37.3 Å². The molecule has 1 aliphatic rings. The highest BCUT2D eigenvalue weighted by Crippen LogP contribution is 2.30. The van der Waals surface area contributed by atoms with Crippen molar-refractivity contribution >= 4 is 0 Å². The molecule has 3 nitrogen and oxygen atoms in total. The summed E-state index contributed by atoms with van der Waals surface area (Å²) in [6.45, 7) is 4.33. The Bertz CT molecular complexity index is 381. The lowest BCUT2D eigenvalue weighted by atomic mass is 9.97. The molecule has 1 aliphatic heterocycles. The lowest BCUT2D eigenvalue weighted by Gasteiger charge is -2.23. The fraction of sp³-hybridized carbons (Fsp3) is 0.600. The van der Waals surface area contributed by atoms with Crippen LogP contribution in [0.4, 0.5) is 0 Å². The summed E-state index contributed by atoms with van der Waals surface area (Å²) >= 11 is 0. The van der Waals surface area contributed by atoms with Gasteiger partial charge in [0.05, 0.1) is 18.2 Å². The zero-order valence-corrected chi connectivity index (χ0v) is 11.4. The molecule has 0 amide bonds. The van der Waals surface area contributed by atoms with E-state index in [9.17, 15) is 0 Å². The molecule has 0 aromatic heterocycles. The number of nitrogens with two attached hydrogens (primary N) is 1. The van der Waals surface area contributed by atoms with Crippen molar-refractivity contribution in [3.63, 3.8) is 0 Å². The highest BCUT2D eigenvalue weighted by atomic mass is 16.5. The third-order valence-electron chi connectivity index (χ3n) is 3.66. The van der Waals surface area contributed by atoms with Crippen molar-refractivity contribution in [2.45, 2.75) is 57.8 Å². The molecule has 1 aromatic rings. The second-order valence-electron chi connectivity index (χ2n) is 5.20. The molecule has 0 bridgehead atoms. The molecule has 0 radical (unpaired) electrons. The summed E-state index contributed by atoms with van der Waals surface area (Å²) in [5.74, 6) is 5.72. The Morgan fingerprint density at radius 2 is 2.28 bits per heavy atom. The minimum atomic E-state index is 0.103. The summed E-state index contributed by atoms with van der Waals surface area (Å²) in [5, 5.41) is 0.